The number of methoxy groups -OCH3 is 1. The van der Waals surface area contributed by atoms with Gasteiger partial charge in [-0.05, 0) is 56.4 Å². The van der Waals surface area contributed by atoms with Crippen LogP contribution in [0.15, 0.2) is 24.4 Å². The van der Waals surface area contributed by atoms with Crippen LogP contribution in [0.1, 0.15) is 32.6 Å². The SMILES string of the molecule is COc1nc(N[C@H]2CC[C@](C)(O)CC2)nn2ccc(-c3cc(F)c4nnn(CC(F)F)c4c3)c12. The Morgan fingerprint density at radius 2 is 2.06 bits per heavy atom. The Labute approximate surface area is 192 Å². The van der Waals surface area contributed by atoms with Crippen LogP contribution >= 0.6 is 0 Å². The van der Waals surface area contributed by atoms with E-state index in [0.717, 1.165) is 17.5 Å². The predicted molar refractivity (Wildman–Crippen MR) is 119 cm³/mol. The van der Waals surface area contributed by atoms with Crippen LogP contribution in [-0.2, 0) is 6.54 Å². The van der Waals surface area contributed by atoms with Crippen molar-refractivity contribution < 1.29 is 23.0 Å². The third-order valence-corrected chi connectivity index (χ3v) is 6.26. The van der Waals surface area contributed by atoms with Crippen molar-refractivity contribution in [2.75, 3.05) is 12.4 Å². The third kappa shape index (κ3) is 4.13. The average molecular weight is 475 g/mol. The van der Waals surface area contributed by atoms with Crippen LogP contribution in [0.2, 0.25) is 0 Å². The summed E-state index contributed by atoms with van der Waals surface area (Å²) in [6, 6.07) is 4.70. The highest BCUT2D eigenvalue weighted by atomic mass is 19.3. The topological polar surface area (TPSA) is 102 Å². The van der Waals surface area contributed by atoms with E-state index in [0.29, 0.717) is 35.4 Å². The number of halogens is 3. The molecule has 1 aliphatic carbocycles. The first-order chi connectivity index (χ1) is 16.2. The molecule has 180 valence electrons. The number of hydrogen-bond donors (Lipinski definition) is 2. The first kappa shape index (κ1) is 22.4. The Morgan fingerprint density at radius 1 is 1.29 bits per heavy atom. The monoisotopic (exact) mass is 475 g/mol. The fourth-order valence-corrected chi connectivity index (χ4v) is 4.44. The van der Waals surface area contributed by atoms with Gasteiger partial charge in [0, 0.05) is 17.8 Å². The zero-order valence-corrected chi connectivity index (χ0v) is 18.7. The highest BCUT2D eigenvalue weighted by Crippen LogP contribution is 2.34. The number of anilines is 1. The summed E-state index contributed by atoms with van der Waals surface area (Å²) >= 11 is 0. The molecule has 1 aromatic carbocycles. The highest BCUT2D eigenvalue weighted by Gasteiger charge is 2.29. The zero-order valence-electron chi connectivity index (χ0n) is 18.7. The minimum Gasteiger partial charge on any atom is -0.479 e. The van der Waals surface area contributed by atoms with Crippen molar-refractivity contribution in [1.29, 1.82) is 0 Å². The number of nitrogens with one attached hydrogen (secondary N) is 1. The molecule has 1 aliphatic rings. The summed E-state index contributed by atoms with van der Waals surface area (Å²) in [4.78, 5) is 4.49. The molecule has 4 aromatic rings. The second kappa shape index (κ2) is 8.42. The third-order valence-electron chi connectivity index (χ3n) is 6.26. The lowest BCUT2D eigenvalue weighted by atomic mass is 9.84. The van der Waals surface area contributed by atoms with Crippen molar-refractivity contribution in [3.05, 3.63) is 30.2 Å². The summed E-state index contributed by atoms with van der Waals surface area (Å²) in [5.41, 5.74) is 0.957. The molecule has 3 aromatic heterocycles. The molecule has 1 saturated carbocycles. The molecule has 0 radical (unpaired) electrons. The number of alkyl halides is 2. The van der Waals surface area contributed by atoms with Gasteiger partial charge in [-0.2, -0.15) is 4.98 Å². The van der Waals surface area contributed by atoms with Gasteiger partial charge in [0.25, 0.3) is 6.43 Å². The van der Waals surface area contributed by atoms with Gasteiger partial charge in [0.05, 0.1) is 18.2 Å². The lowest BCUT2D eigenvalue weighted by Crippen LogP contribution is -2.36. The summed E-state index contributed by atoms with van der Waals surface area (Å²) in [7, 11) is 1.48. The lowest BCUT2D eigenvalue weighted by molar-refractivity contribution is 0.0195. The molecule has 0 atom stereocenters. The van der Waals surface area contributed by atoms with Crippen molar-refractivity contribution in [2.45, 2.75) is 57.2 Å². The van der Waals surface area contributed by atoms with E-state index in [4.69, 9.17) is 4.74 Å². The zero-order chi connectivity index (χ0) is 24.0. The molecular weight excluding hydrogens is 451 g/mol. The number of aliphatic hydroxyl groups is 1. The maximum Gasteiger partial charge on any atom is 0.258 e. The van der Waals surface area contributed by atoms with Crippen molar-refractivity contribution in [3.63, 3.8) is 0 Å². The Kier molecular flexibility index (Phi) is 5.54. The molecule has 12 heteroatoms. The molecule has 5 rings (SSSR count). The van der Waals surface area contributed by atoms with Gasteiger partial charge in [0.1, 0.15) is 17.6 Å². The molecule has 9 nitrogen and oxygen atoms in total. The van der Waals surface area contributed by atoms with E-state index in [-0.39, 0.29) is 23.0 Å². The van der Waals surface area contributed by atoms with Crippen LogP contribution in [0.4, 0.5) is 19.1 Å². The fourth-order valence-electron chi connectivity index (χ4n) is 4.44. The van der Waals surface area contributed by atoms with Gasteiger partial charge in [-0.15, -0.1) is 10.2 Å². The first-order valence-electron chi connectivity index (χ1n) is 11.0. The predicted octanol–water partition coefficient (Wildman–Crippen LogP) is 3.66. The molecule has 34 heavy (non-hydrogen) atoms. The summed E-state index contributed by atoms with van der Waals surface area (Å²) in [6.45, 7) is 1.15. The number of rotatable bonds is 6. The van der Waals surface area contributed by atoms with Crippen molar-refractivity contribution in [2.24, 2.45) is 0 Å². The Hall–Kier alpha value is -3.41. The van der Waals surface area contributed by atoms with Crippen molar-refractivity contribution >= 4 is 22.5 Å². The summed E-state index contributed by atoms with van der Waals surface area (Å²) in [5.74, 6) is -0.0161. The van der Waals surface area contributed by atoms with Gasteiger partial charge >= 0.3 is 0 Å². The van der Waals surface area contributed by atoms with E-state index in [1.165, 1.54) is 13.2 Å². The molecular formula is C22H24F3N7O2. The van der Waals surface area contributed by atoms with Crippen molar-refractivity contribution in [1.82, 2.24) is 29.6 Å². The maximum atomic E-state index is 14.8. The van der Waals surface area contributed by atoms with E-state index >= 15 is 0 Å². The molecule has 0 spiro atoms. The molecule has 1 fully saturated rings. The molecule has 3 heterocycles. The van der Waals surface area contributed by atoms with Gasteiger partial charge in [-0.1, -0.05) is 5.21 Å². The fraction of sp³-hybridized carbons (Fsp3) is 0.455. The second-order valence-corrected chi connectivity index (χ2v) is 8.87. The van der Waals surface area contributed by atoms with Gasteiger partial charge in [0.2, 0.25) is 11.8 Å². The molecule has 0 bridgehead atoms. The smallest absolute Gasteiger partial charge is 0.258 e. The number of aromatic nitrogens is 6. The lowest BCUT2D eigenvalue weighted by Gasteiger charge is -2.33. The number of fused-ring (bicyclic) bond motifs is 2. The van der Waals surface area contributed by atoms with Crippen LogP contribution < -0.4 is 10.1 Å². The quantitative estimate of drug-likeness (QED) is 0.439. The highest BCUT2D eigenvalue weighted by molar-refractivity contribution is 5.89. The molecule has 0 aliphatic heterocycles. The normalized spacial score (nSPS) is 21.0. The van der Waals surface area contributed by atoms with Crippen molar-refractivity contribution in [3.8, 4) is 17.0 Å². The van der Waals surface area contributed by atoms with Gasteiger partial charge in [-0.25, -0.2) is 22.4 Å². The van der Waals surface area contributed by atoms with E-state index in [9.17, 15) is 18.3 Å². The number of hydrogen-bond acceptors (Lipinski definition) is 7. The van der Waals surface area contributed by atoms with Crippen LogP contribution in [-0.4, -0.2) is 59.9 Å². The first-order valence-corrected chi connectivity index (χ1v) is 11.0. The van der Waals surface area contributed by atoms with Gasteiger partial charge < -0.3 is 15.2 Å². The van der Waals surface area contributed by atoms with Gasteiger partial charge in [-0.3, -0.25) is 0 Å². The van der Waals surface area contributed by atoms with E-state index in [1.54, 1.807) is 22.8 Å². The largest absolute Gasteiger partial charge is 0.479 e. The van der Waals surface area contributed by atoms with Crippen LogP contribution in [0.5, 0.6) is 5.88 Å². The van der Waals surface area contributed by atoms with E-state index in [2.05, 4.69) is 25.7 Å². The minimum atomic E-state index is -2.65. The van der Waals surface area contributed by atoms with E-state index in [1.807, 2.05) is 6.92 Å². The minimum absolute atomic E-state index is 0.0749. The number of benzene rings is 1. The number of ether oxygens (including phenoxy) is 1. The van der Waals surface area contributed by atoms with Crippen LogP contribution in [0, 0.1) is 5.82 Å². The Balaban J connectivity index is 1.52. The summed E-state index contributed by atoms with van der Waals surface area (Å²) < 4.78 is 48.7. The van der Waals surface area contributed by atoms with Crippen LogP contribution in [0.25, 0.3) is 27.7 Å². The Bertz CT molecular complexity index is 1340. The van der Waals surface area contributed by atoms with Crippen LogP contribution in [0.3, 0.4) is 0 Å². The number of nitrogens with zero attached hydrogens (tertiary/aromatic N) is 6. The second-order valence-electron chi connectivity index (χ2n) is 8.87. The summed E-state index contributed by atoms with van der Waals surface area (Å²) in [5, 5.41) is 25.3. The molecule has 2 N–H and O–H groups in total. The molecule has 0 amide bonds. The molecule has 0 unspecified atom stereocenters. The van der Waals surface area contributed by atoms with E-state index < -0.39 is 24.4 Å². The summed E-state index contributed by atoms with van der Waals surface area (Å²) in [6.07, 6.45) is 1.98. The van der Waals surface area contributed by atoms with Gasteiger partial charge in [0.15, 0.2) is 5.82 Å². The average Bonchev–Trinajstić information content (AvgIpc) is 3.39. The Morgan fingerprint density at radius 3 is 2.76 bits per heavy atom. The maximum absolute atomic E-state index is 14.8. The standard InChI is InChI=1S/C22H24F3N7O2/c1-22(33)6-3-13(4-7-22)26-21-27-20(34-2)19-14(5-8-31(19)29-21)12-9-15(23)18-16(10-12)32(30-28-18)11-17(24)25/h5,8-10,13,17,33H,3-4,6-7,11H2,1-2H3,(H,26,29)/t13-,22-. The molecule has 0 saturated heterocycles.